The van der Waals surface area contributed by atoms with Gasteiger partial charge in [-0.05, 0) is 44.9 Å². The maximum absolute atomic E-state index is 12.1. The van der Waals surface area contributed by atoms with E-state index in [1.807, 2.05) is 0 Å². The lowest BCUT2D eigenvalue weighted by Gasteiger charge is -2.39. The standard InChI is InChI=1S/C11H20NO/c1-8(2)10(5)7-11(10,6)9(3,4)12(8)13/h7H2,1-6H3. The van der Waals surface area contributed by atoms with Crippen molar-refractivity contribution >= 4 is 0 Å². The Labute approximate surface area is 80.9 Å². The smallest absolute Gasteiger partial charge is 0.0503 e. The Morgan fingerprint density at radius 3 is 1.31 bits per heavy atom. The number of hydrogen-bond donors (Lipinski definition) is 0. The summed E-state index contributed by atoms with van der Waals surface area (Å²) in [6.45, 7) is 12.8. The summed E-state index contributed by atoms with van der Waals surface area (Å²) in [6.07, 6.45) is 1.19. The van der Waals surface area contributed by atoms with Gasteiger partial charge in [0.05, 0.1) is 11.1 Å². The summed E-state index contributed by atoms with van der Waals surface area (Å²) in [5.41, 5.74) is 0.0208. The van der Waals surface area contributed by atoms with Gasteiger partial charge in [-0.3, -0.25) is 0 Å². The molecule has 75 valence electrons. The van der Waals surface area contributed by atoms with E-state index in [1.54, 1.807) is 0 Å². The summed E-state index contributed by atoms with van der Waals surface area (Å²) in [5, 5.41) is 13.4. The molecule has 1 aliphatic heterocycles. The second kappa shape index (κ2) is 1.82. The largest absolute Gasteiger partial charge is 0.143 e. The molecule has 2 aliphatic rings. The van der Waals surface area contributed by atoms with Crippen molar-refractivity contribution in [2.75, 3.05) is 0 Å². The molecule has 0 aromatic rings. The molecule has 0 aromatic heterocycles. The van der Waals surface area contributed by atoms with Crippen molar-refractivity contribution in [2.45, 2.75) is 59.0 Å². The zero-order valence-electron chi connectivity index (χ0n) is 9.56. The lowest BCUT2D eigenvalue weighted by Crippen LogP contribution is -2.51. The van der Waals surface area contributed by atoms with Crippen molar-refractivity contribution in [3.63, 3.8) is 0 Å². The van der Waals surface area contributed by atoms with Crippen molar-refractivity contribution in [3.8, 4) is 0 Å². The minimum absolute atomic E-state index is 0.203. The highest BCUT2D eigenvalue weighted by molar-refractivity contribution is 5.31. The van der Waals surface area contributed by atoms with E-state index in [2.05, 4.69) is 41.5 Å². The molecule has 1 saturated heterocycles. The van der Waals surface area contributed by atoms with Crippen LogP contribution >= 0.6 is 0 Å². The molecule has 1 aliphatic carbocycles. The van der Waals surface area contributed by atoms with Crippen LogP contribution in [0.25, 0.3) is 0 Å². The van der Waals surface area contributed by atoms with E-state index in [4.69, 9.17) is 0 Å². The van der Waals surface area contributed by atoms with Crippen molar-refractivity contribution in [3.05, 3.63) is 0 Å². The van der Waals surface area contributed by atoms with Gasteiger partial charge in [0.25, 0.3) is 0 Å². The van der Waals surface area contributed by atoms with E-state index in [9.17, 15) is 5.21 Å². The Hall–Kier alpha value is -0.0800. The van der Waals surface area contributed by atoms with E-state index in [1.165, 1.54) is 11.5 Å². The third-order valence-corrected chi connectivity index (χ3v) is 5.52. The van der Waals surface area contributed by atoms with E-state index in [0.717, 1.165) is 0 Å². The summed E-state index contributed by atoms with van der Waals surface area (Å²) in [7, 11) is 0. The van der Waals surface area contributed by atoms with Gasteiger partial charge in [0.1, 0.15) is 0 Å². The van der Waals surface area contributed by atoms with Gasteiger partial charge in [0.2, 0.25) is 0 Å². The zero-order valence-corrected chi connectivity index (χ0v) is 9.56. The molecule has 2 fully saturated rings. The molecule has 1 radical (unpaired) electrons. The zero-order chi connectivity index (χ0) is 10.3. The van der Waals surface area contributed by atoms with Gasteiger partial charge in [0.15, 0.2) is 0 Å². The number of hydroxylamine groups is 2. The fourth-order valence-corrected chi connectivity index (χ4v) is 3.59. The Morgan fingerprint density at radius 1 is 0.846 bits per heavy atom. The van der Waals surface area contributed by atoms with Gasteiger partial charge in [0, 0.05) is 0 Å². The van der Waals surface area contributed by atoms with Crippen molar-refractivity contribution in [2.24, 2.45) is 10.8 Å². The summed E-state index contributed by atoms with van der Waals surface area (Å²) < 4.78 is 0. The minimum atomic E-state index is -0.203. The molecule has 2 atom stereocenters. The van der Waals surface area contributed by atoms with Gasteiger partial charge in [-0.2, -0.15) is 0 Å². The molecular formula is C11H20NO. The molecule has 0 bridgehead atoms. The number of rotatable bonds is 0. The Kier molecular flexibility index (Phi) is 1.33. The maximum atomic E-state index is 12.1. The van der Waals surface area contributed by atoms with Crippen LogP contribution in [0, 0.1) is 10.8 Å². The molecule has 2 heteroatoms. The molecule has 2 unspecified atom stereocenters. The van der Waals surface area contributed by atoms with E-state index in [0.29, 0.717) is 0 Å². The number of piperidine rings is 1. The Morgan fingerprint density at radius 2 is 1.15 bits per heavy atom. The average molecular weight is 182 g/mol. The first-order chi connectivity index (χ1) is 5.61. The van der Waals surface area contributed by atoms with Crippen molar-refractivity contribution in [1.29, 1.82) is 0 Å². The van der Waals surface area contributed by atoms with E-state index < -0.39 is 0 Å². The van der Waals surface area contributed by atoms with Crippen LogP contribution in [-0.2, 0) is 5.21 Å². The molecule has 0 N–H and O–H groups in total. The third kappa shape index (κ3) is 0.637. The predicted octanol–water partition coefficient (Wildman–Crippen LogP) is 2.62. The first kappa shape index (κ1) is 9.47. The molecular weight excluding hydrogens is 162 g/mol. The van der Waals surface area contributed by atoms with Crippen LogP contribution in [0.3, 0.4) is 0 Å². The molecule has 1 heterocycles. The molecule has 2 nitrogen and oxygen atoms in total. The minimum Gasteiger partial charge on any atom is -0.143 e. The fourth-order valence-electron chi connectivity index (χ4n) is 3.59. The predicted molar refractivity (Wildman–Crippen MR) is 51.5 cm³/mol. The molecule has 1 saturated carbocycles. The van der Waals surface area contributed by atoms with Crippen LogP contribution in [0.2, 0.25) is 0 Å². The second-order valence-electron chi connectivity index (χ2n) is 6.25. The van der Waals surface area contributed by atoms with Gasteiger partial charge in [-0.1, -0.05) is 13.8 Å². The first-order valence-electron chi connectivity index (χ1n) is 5.09. The Bertz CT molecular complexity index is 229. The lowest BCUT2D eigenvalue weighted by atomic mass is 9.80. The molecule has 0 spiro atoms. The summed E-state index contributed by atoms with van der Waals surface area (Å²) in [6, 6.07) is 0. The molecule has 13 heavy (non-hydrogen) atoms. The monoisotopic (exact) mass is 182 g/mol. The SMILES string of the molecule is CC1(C)N([O])C(C)(C)C2(C)CC12C. The van der Waals surface area contributed by atoms with Crippen LogP contribution < -0.4 is 0 Å². The van der Waals surface area contributed by atoms with Crippen LogP contribution in [0.5, 0.6) is 0 Å². The normalized spacial score (nSPS) is 51.9. The summed E-state index contributed by atoms with van der Waals surface area (Å²) in [5.74, 6) is 0. The van der Waals surface area contributed by atoms with E-state index >= 15 is 0 Å². The van der Waals surface area contributed by atoms with Crippen LogP contribution in [0.4, 0.5) is 0 Å². The molecule has 0 aromatic carbocycles. The Balaban J connectivity index is 2.53. The number of nitrogens with zero attached hydrogens (tertiary/aromatic N) is 1. The van der Waals surface area contributed by atoms with Crippen LogP contribution in [-0.4, -0.2) is 16.1 Å². The van der Waals surface area contributed by atoms with Crippen molar-refractivity contribution < 1.29 is 5.21 Å². The van der Waals surface area contributed by atoms with Gasteiger partial charge >= 0.3 is 0 Å². The van der Waals surface area contributed by atoms with Crippen LogP contribution in [0.1, 0.15) is 48.0 Å². The summed E-state index contributed by atoms with van der Waals surface area (Å²) >= 11 is 0. The van der Waals surface area contributed by atoms with Crippen LogP contribution in [0.15, 0.2) is 0 Å². The topological polar surface area (TPSA) is 23.1 Å². The quantitative estimate of drug-likeness (QED) is 0.565. The average Bonchev–Trinajstić information content (AvgIpc) is 2.53. The lowest BCUT2D eigenvalue weighted by molar-refractivity contribution is -0.266. The number of fused-ring (bicyclic) bond motifs is 1. The van der Waals surface area contributed by atoms with Gasteiger partial charge < -0.3 is 0 Å². The third-order valence-electron chi connectivity index (χ3n) is 5.52. The van der Waals surface area contributed by atoms with Gasteiger partial charge in [-0.15, -0.1) is 10.3 Å². The molecule has 2 rings (SSSR count). The highest BCUT2D eigenvalue weighted by Gasteiger charge is 2.82. The first-order valence-corrected chi connectivity index (χ1v) is 5.09. The van der Waals surface area contributed by atoms with Crippen molar-refractivity contribution in [1.82, 2.24) is 5.06 Å². The molecule has 0 amide bonds. The van der Waals surface area contributed by atoms with E-state index in [-0.39, 0.29) is 21.9 Å². The second-order valence-corrected chi connectivity index (χ2v) is 6.25. The summed E-state index contributed by atoms with van der Waals surface area (Å²) in [4.78, 5) is 0. The highest BCUT2D eigenvalue weighted by Crippen LogP contribution is 2.80. The number of hydrogen-bond acceptors (Lipinski definition) is 1. The van der Waals surface area contributed by atoms with Gasteiger partial charge in [-0.25, -0.2) is 0 Å². The maximum Gasteiger partial charge on any atom is 0.0503 e. The highest BCUT2D eigenvalue weighted by atomic mass is 16.5. The fraction of sp³-hybridized carbons (Fsp3) is 1.00.